The fourth-order valence-electron chi connectivity index (χ4n) is 2.17. The molecule has 0 aromatic heterocycles. The molecule has 3 atom stereocenters. The van der Waals surface area contributed by atoms with Crippen molar-refractivity contribution in [1.29, 1.82) is 0 Å². The van der Waals surface area contributed by atoms with Gasteiger partial charge in [0.2, 0.25) is 0 Å². The lowest BCUT2D eigenvalue weighted by Crippen LogP contribution is -2.48. The SMILES string of the molecule is CCC1SCCSC1C(CCC(C)C)NN. The van der Waals surface area contributed by atoms with E-state index in [4.69, 9.17) is 5.84 Å². The Morgan fingerprint density at radius 1 is 1.25 bits per heavy atom. The maximum Gasteiger partial charge on any atom is 0.0340 e. The predicted molar refractivity (Wildman–Crippen MR) is 78.0 cm³/mol. The summed E-state index contributed by atoms with van der Waals surface area (Å²) in [6.07, 6.45) is 3.75. The summed E-state index contributed by atoms with van der Waals surface area (Å²) < 4.78 is 0. The average Bonchev–Trinajstić information content (AvgIpc) is 2.30. The minimum Gasteiger partial charge on any atom is -0.271 e. The van der Waals surface area contributed by atoms with E-state index in [-0.39, 0.29) is 0 Å². The van der Waals surface area contributed by atoms with Crippen molar-refractivity contribution in [2.45, 2.75) is 56.6 Å². The van der Waals surface area contributed by atoms with Crippen LogP contribution >= 0.6 is 23.5 Å². The van der Waals surface area contributed by atoms with E-state index in [9.17, 15) is 0 Å². The van der Waals surface area contributed by atoms with Gasteiger partial charge in [0.05, 0.1) is 0 Å². The molecule has 96 valence electrons. The molecule has 1 saturated heterocycles. The highest BCUT2D eigenvalue weighted by Gasteiger charge is 2.31. The van der Waals surface area contributed by atoms with Crippen LogP contribution in [0.3, 0.4) is 0 Å². The van der Waals surface area contributed by atoms with Gasteiger partial charge in [-0.3, -0.25) is 11.3 Å². The Hall–Kier alpha value is 0.620. The summed E-state index contributed by atoms with van der Waals surface area (Å²) >= 11 is 4.25. The van der Waals surface area contributed by atoms with E-state index in [2.05, 4.69) is 49.7 Å². The molecule has 3 N–H and O–H groups in total. The van der Waals surface area contributed by atoms with Crippen LogP contribution in [0.4, 0.5) is 0 Å². The number of hydrogen-bond donors (Lipinski definition) is 2. The molecule has 1 heterocycles. The topological polar surface area (TPSA) is 38.0 Å². The highest BCUT2D eigenvalue weighted by atomic mass is 32.2. The summed E-state index contributed by atoms with van der Waals surface area (Å²) in [6, 6.07) is 0.491. The molecule has 0 amide bonds. The first-order valence-electron chi connectivity index (χ1n) is 6.38. The van der Waals surface area contributed by atoms with Gasteiger partial charge in [-0.05, 0) is 25.2 Å². The molecule has 0 aromatic rings. The molecule has 0 radical (unpaired) electrons. The Morgan fingerprint density at radius 3 is 2.50 bits per heavy atom. The van der Waals surface area contributed by atoms with Crippen molar-refractivity contribution in [3.63, 3.8) is 0 Å². The van der Waals surface area contributed by atoms with Crippen molar-refractivity contribution in [1.82, 2.24) is 5.43 Å². The zero-order valence-electron chi connectivity index (χ0n) is 10.7. The quantitative estimate of drug-likeness (QED) is 0.570. The van der Waals surface area contributed by atoms with Crippen LogP contribution < -0.4 is 11.3 Å². The molecule has 4 heteroatoms. The molecule has 1 aliphatic heterocycles. The number of nitrogens with one attached hydrogen (secondary N) is 1. The first-order chi connectivity index (χ1) is 7.69. The molecule has 0 spiro atoms. The van der Waals surface area contributed by atoms with Gasteiger partial charge in [-0.1, -0.05) is 20.8 Å². The second-order valence-corrected chi connectivity index (χ2v) is 7.53. The molecular formula is C12H26N2S2. The van der Waals surface area contributed by atoms with Crippen LogP contribution in [0.1, 0.15) is 40.0 Å². The summed E-state index contributed by atoms with van der Waals surface area (Å²) in [4.78, 5) is 0. The van der Waals surface area contributed by atoms with Gasteiger partial charge >= 0.3 is 0 Å². The standard InChI is InChI=1S/C12H26N2S2/c1-4-11-12(16-8-7-15-11)10(14-13)6-5-9(2)3/h9-12,14H,4-8,13H2,1-3H3. The predicted octanol–water partition coefficient (Wildman–Crippen LogP) is 2.88. The zero-order valence-corrected chi connectivity index (χ0v) is 12.4. The monoisotopic (exact) mass is 262 g/mol. The Kier molecular flexibility index (Phi) is 7.20. The van der Waals surface area contributed by atoms with Gasteiger partial charge in [0.1, 0.15) is 0 Å². The van der Waals surface area contributed by atoms with E-state index >= 15 is 0 Å². The second-order valence-electron chi connectivity index (χ2n) is 4.90. The van der Waals surface area contributed by atoms with Crippen LogP contribution in [0.15, 0.2) is 0 Å². The Morgan fingerprint density at radius 2 is 1.94 bits per heavy atom. The van der Waals surface area contributed by atoms with E-state index in [1.165, 1.54) is 30.8 Å². The first-order valence-corrected chi connectivity index (χ1v) is 8.48. The van der Waals surface area contributed by atoms with Crippen molar-refractivity contribution >= 4 is 23.5 Å². The van der Waals surface area contributed by atoms with E-state index in [0.29, 0.717) is 11.3 Å². The van der Waals surface area contributed by atoms with Crippen molar-refractivity contribution in [2.75, 3.05) is 11.5 Å². The number of rotatable bonds is 6. The van der Waals surface area contributed by atoms with E-state index in [1.807, 2.05) is 0 Å². The molecule has 2 nitrogen and oxygen atoms in total. The first kappa shape index (κ1) is 14.7. The summed E-state index contributed by atoms with van der Waals surface area (Å²) in [7, 11) is 0. The average molecular weight is 262 g/mol. The number of thioether (sulfide) groups is 2. The van der Waals surface area contributed by atoms with Gasteiger partial charge in [-0.15, -0.1) is 0 Å². The Bertz CT molecular complexity index is 188. The molecule has 0 aliphatic carbocycles. The molecule has 0 bridgehead atoms. The Balaban J connectivity index is 2.48. The van der Waals surface area contributed by atoms with Crippen molar-refractivity contribution < 1.29 is 0 Å². The molecule has 1 fully saturated rings. The Labute approximate surface area is 109 Å². The van der Waals surface area contributed by atoms with Gasteiger partial charge in [0, 0.05) is 28.0 Å². The van der Waals surface area contributed by atoms with Gasteiger partial charge in [0.25, 0.3) is 0 Å². The van der Waals surface area contributed by atoms with Crippen LogP contribution in [0, 0.1) is 5.92 Å². The van der Waals surface area contributed by atoms with E-state index in [1.54, 1.807) is 0 Å². The van der Waals surface area contributed by atoms with Crippen LogP contribution in [-0.4, -0.2) is 28.0 Å². The van der Waals surface area contributed by atoms with Gasteiger partial charge < -0.3 is 0 Å². The molecule has 0 aromatic carbocycles. The van der Waals surface area contributed by atoms with Crippen molar-refractivity contribution in [3.8, 4) is 0 Å². The zero-order chi connectivity index (χ0) is 12.0. The van der Waals surface area contributed by atoms with Crippen molar-refractivity contribution in [3.05, 3.63) is 0 Å². The summed E-state index contributed by atoms with van der Waals surface area (Å²) in [5.74, 6) is 9.10. The van der Waals surface area contributed by atoms with Crippen molar-refractivity contribution in [2.24, 2.45) is 11.8 Å². The van der Waals surface area contributed by atoms with E-state index < -0.39 is 0 Å². The lowest BCUT2D eigenvalue weighted by molar-refractivity contribution is 0.418. The molecule has 0 saturated carbocycles. The summed E-state index contributed by atoms with van der Waals surface area (Å²) in [5, 5.41) is 1.49. The maximum absolute atomic E-state index is 5.73. The second kappa shape index (κ2) is 7.85. The van der Waals surface area contributed by atoms with Gasteiger partial charge in [-0.2, -0.15) is 23.5 Å². The highest BCUT2D eigenvalue weighted by molar-refractivity contribution is 8.07. The van der Waals surface area contributed by atoms with E-state index in [0.717, 1.165) is 11.2 Å². The number of hydrazine groups is 1. The smallest absolute Gasteiger partial charge is 0.0340 e. The van der Waals surface area contributed by atoms with Gasteiger partial charge in [-0.25, -0.2) is 0 Å². The molecule has 16 heavy (non-hydrogen) atoms. The summed E-state index contributed by atoms with van der Waals surface area (Å²) in [5.41, 5.74) is 3.06. The number of hydrogen-bond acceptors (Lipinski definition) is 4. The van der Waals surface area contributed by atoms with Crippen LogP contribution in [0.5, 0.6) is 0 Å². The highest BCUT2D eigenvalue weighted by Crippen LogP contribution is 2.36. The third kappa shape index (κ3) is 4.47. The van der Waals surface area contributed by atoms with Gasteiger partial charge in [0.15, 0.2) is 0 Å². The fourth-order valence-corrected chi connectivity index (χ4v) is 5.45. The minimum atomic E-state index is 0.491. The van der Waals surface area contributed by atoms with Crippen LogP contribution in [-0.2, 0) is 0 Å². The normalized spacial score (nSPS) is 28.3. The third-order valence-corrected chi connectivity index (χ3v) is 6.57. The molecule has 1 rings (SSSR count). The fraction of sp³-hybridized carbons (Fsp3) is 1.00. The molecular weight excluding hydrogens is 236 g/mol. The van der Waals surface area contributed by atoms with Crippen LogP contribution in [0.25, 0.3) is 0 Å². The minimum absolute atomic E-state index is 0.491. The number of nitrogens with two attached hydrogens (primary N) is 1. The maximum atomic E-state index is 5.73. The van der Waals surface area contributed by atoms with Crippen LogP contribution in [0.2, 0.25) is 0 Å². The lowest BCUT2D eigenvalue weighted by atomic mass is 9.99. The summed E-state index contributed by atoms with van der Waals surface area (Å²) in [6.45, 7) is 6.87. The molecule has 3 unspecified atom stereocenters. The largest absolute Gasteiger partial charge is 0.271 e. The third-order valence-electron chi connectivity index (χ3n) is 3.16. The lowest BCUT2D eigenvalue weighted by Gasteiger charge is -2.35. The molecule has 1 aliphatic rings.